The Kier molecular flexibility index (Phi) is 6.34. The predicted molar refractivity (Wildman–Crippen MR) is 101 cm³/mol. The monoisotopic (exact) mass is 338 g/mol. The first kappa shape index (κ1) is 18.7. The molecule has 0 heterocycles. The molecule has 0 aliphatic heterocycles. The summed E-state index contributed by atoms with van der Waals surface area (Å²) in [4.78, 5) is 25.9. The van der Waals surface area contributed by atoms with Crippen LogP contribution in [-0.2, 0) is 16.1 Å². The van der Waals surface area contributed by atoms with Crippen molar-refractivity contribution in [2.75, 3.05) is 11.9 Å². The van der Waals surface area contributed by atoms with Gasteiger partial charge in [-0.05, 0) is 43.5 Å². The van der Waals surface area contributed by atoms with Gasteiger partial charge >= 0.3 is 0 Å². The first-order valence-electron chi connectivity index (χ1n) is 8.54. The second-order valence-electron chi connectivity index (χ2n) is 6.48. The van der Waals surface area contributed by atoms with Crippen LogP contribution in [0.2, 0.25) is 0 Å². The zero-order chi connectivity index (χ0) is 18.4. The van der Waals surface area contributed by atoms with Gasteiger partial charge in [0, 0.05) is 32.1 Å². The van der Waals surface area contributed by atoms with Crippen molar-refractivity contribution < 1.29 is 9.59 Å². The van der Waals surface area contributed by atoms with E-state index in [9.17, 15) is 9.59 Å². The maximum Gasteiger partial charge on any atom is 0.226 e. The molecule has 4 heteroatoms. The van der Waals surface area contributed by atoms with E-state index < -0.39 is 0 Å². The van der Waals surface area contributed by atoms with Crippen LogP contribution in [0.3, 0.4) is 0 Å². The van der Waals surface area contributed by atoms with Gasteiger partial charge < -0.3 is 10.2 Å². The van der Waals surface area contributed by atoms with Gasteiger partial charge in [-0.1, -0.05) is 42.0 Å². The molecule has 2 aromatic rings. The summed E-state index contributed by atoms with van der Waals surface area (Å²) < 4.78 is 0. The van der Waals surface area contributed by atoms with Gasteiger partial charge in [0.25, 0.3) is 0 Å². The third-order valence-corrected chi connectivity index (χ3v) is 4.39. The Bertz CT molecular complexity index is 768. The molecule has 132 valence electrons. The molecular weight excluding hydrogens is 312 g/mol. The van der Waals surface area contributed by atoms with Crippen LogP contribution in [0.25, 0.3) is 0 Å². The third kappa shape index (κ3) is 5.45. The summed E-state index contributed by atoms with van der Waals surface area (Å²) >= 11 is 0. The number of nitrogens with zero attached hydrogens (tertiary/aromatic N) is 1. The predicted octanol–water partition coefficient (Wildman–Crippen LogP) is 3.99. The normalized spacial score (nSPS) is 10.4. The zero-order valence-electron chi connectivity index (χ0n) is 15.4. The van der Waals surface area contributed by atoms with Crippen molar-refractivity contribution in [1.82, 2.24) is 4.90 Å². The van der Waals surface area contributed by atoms with E-state index >= 15 is 0 Å². The molecule has 0 aliphatic carbocycles. The van der Waals surface area contributed by atoms with Crippen molar-refractivity contribution in [2.24, 2.45) is 0 Å². The molecule has 0 atom stereocenters. The number of benzene rings is 2. The van der Waals surface area contributed by atoms with E-state index in [-0.39, 0.29) is 18.2 Å². The first-order chi connectivity index (χ1) is 11.9. The highest BCUT2D eigenvalue weighted by molar-refractivity contribution is 5.92. The Hall–Kier alpha value is -2.62. The van der Waals surface area contributed by atoms with E-state index in [1.807, 2.05) is 57.2 Å². The number of hydrogen-bond acceptors (Lipinski definition) is 2. The van der Waals surface area contributed by atoms with Gasteiger partial charge in [0.05, 0.1) is 0 Å². The minimum atomic E-state index is -0.0795. The maximum atomic E-state index is 12.3. The number of aryl methyl sites for hydroxylation is 2. The van der Waals surface area contributed by atoms with Crippen LogP contribution in [0.5, 0.6) is 0 Å². The summed E-state index contributed by atoms with van der Waals surface area (Å²) in [6.07, 6.45) is 0.277. The van der Waals surface area contributed by atoms with Crippen molar-refractivity contribution in [1.29, 1.82) is 0 Å². The van der Waals surface area contributed by atoms with Crippen LogP contribution in [0.4, 0.5) is 5.69 Å². The number of carbonyl (C=O) groups excluding carboxylic acids is 2. The van der Waals surface area contributed by atoms with Crippen LogP contribution in [0, 0.1) is 20.8 Å². The summed E-state index contributed by atoms with van der Waals surface area (Å²) in [5.41, 5.74) is 5.28. The van der Waals surface area contributed by atoms with Crippen LogP contribution < -0.4 is 5.32 Å². The molecule has 0 aliphatic rings. The summed E-state index contributed by atoms with van der Waals surface area (Å²) in [6.45, 7) is 8.50. The molecule has 4 nitrogen and oxygen atoms in total. The number of anilines is 1. The molecule has 0 radical (unpaired) electrons. The Balaban J connectivity index is 1.95. The van der Waals surface area contributed by atoms with Crippen molar-refractivity contribution >= 4 is 17.5 Å². The molecule has 0 saturated carbocycles. The molecule has 0 aromatic heterocycles. The Morgan fingerprint density at radius 3 is 2.44 bits per heavy atom. The van der Waals surface area contributed by atoms with Crippen molar-refractivity contribution in [3.63, 3.8) is 0 Å². The quantitative estimate of drug-likeness (QED) is 0.866. The van der Waals surface area contributed by atoms with Crippen LogP contribution in [0.1, 0.15) is 35.6 Å². The molecule has 2 aromatic carbocycles. The van der Waals surface area contributed by atoms with Gasteiger partial charge in [-0.3, -0.25) is 9.59 Å². The van der Waals surface area contributed by atoms with Gasteiger partial charge in [-0.2, -0.15) is 0 Å². The minimum Gasteiger partial charge on any atom is -0.338 e. The lowest BCUT2D eigenvalue weighted by Crippen LogP contribution is -2.31. The molecule has 0 spiro atoms. The van der Waals surface area contributed by atoms with Crippen molar-refractivity contribution in [3.05, 3.63) is 64.7 Å². The number of amides is 2. The van der Waals surface area contributed by atoms with Gasteiger partial charge in [-0.15, -0.1) is 0 Å². The second-order valence-corrected chi connectivity index (χ2v) is 6.48. The molecule has 0 saturated heterocycles. The average Bonchev–Trinajstić information content (AvgIpc) is 2.55. The summed E-state index contributed by atoms with van der Waals surface area (Å²) in [5, 5.41) is 2.94. The fourth-order valence-electron chi connectivity index (χ4n) is 2.71. The molecule has 2 rings (SSSR count). The SMILES string of the molecule is CC(=O)N(CCC(=O)Nc1cccc(C)c1C)Cc1cccc(C)c1. The van der Waals surface area contributed by atoms with Gasteiger partial charge in [0.1, 0.15) is 0 Å². The molecule has 0 unspecified atom stereocenters. The first-order valence-corrected chi connectivity index (χ1v) is 8.54. The number of carbonyl (C=O) groups is 2. The van der Waals surface area contributed by atoms with E-state index in [1.54, 1.807) is 11.8 Å². The Labute approximate surface area is 149 Å². The van der Waals surface area contributed by atoms with Crippen LogP contribution in [0.15, 0.2) is 42.5 Å². The van der Waals surface area contributed by atoms with Gasteiger partial charge in [0.2, 0.25) is 11.8 Å². The third-order valence-electron chi connectivity index (χ3n) is 4.39. The molecule has 1 N–H and O–H groups in total. The summed E-state index contributed by atoms with van der Waals surface area (Å²) in [6, 6.07) is 13.9. The standard InChI is InChI=1S/C21H26N2O2/c1-15-7-5-9-19(13-15)14-23(18(4)24)12-11-21(25)22-20-10-6-8-16(2)17(20)3/h5-10,13H,11-12,14H2,1-4H3,(H,22,25). The highest BCUT2D eigenvalue weighted by Gasteiger charge is 2.13. The second kappa shape index (κ2) is 8.47. The van der Waals surface area contributed by atoms with E-state index in [2.05, 4.69) is 11.4 Å². The zero-order valence-corrected chi connectivity index (χ0v) is 15.4. The van der Waals surface area contributed by atoms with Crippen LogP contribution in [-0.4, -0.2) is 23.3 Å². The smallest absolute Gasteiger partial charge is 0.226 e. The van der Waals surface area contributed by atoms with Gasteiger partial charge in [-0.25, -0.2) is 0 Å². The Morgan fingerprint density at radius 1 is 1.04 bits per heavy atom. The van der Waals surface area contributed by atoms with Gasteiger partial charge in [0.15, 0.2) is 0 Å². The topological polar surface area (TPSA) is 49.4 Å². The largest absolute Gasteiger partial charge is 0.338 e. The molecule has 0 fully saturated rings. The molecule has 25 heavy (non-hydrogen) atoms. The lowest BCUT2D eigenvalue weighted by molar-refractivity contribution is -0.129. The minimum absolute atomic E-state index is 0.0268. The maximum absolute atomic E-state index is 12.3. The number of rotatable bonds is 6. The average molecular weight is 338 g/mol. The van der Waals surface area contributed by atoms with E-state index in [4.69, 9.17) is 0 Å². The van der Waals surface area contributed by atoms with E-state index in [0.717, 1.165) is 27.9 Å². The highest BCUT2D eigenvalue weighted by Crippen LogP contribution is 2.18. The number of nitrogens with one attached hydrogen (secondary N) is 1. The van der Waals surface area contributed by atoms with E-state index in [0.29, 0.717) is 13.1 Å². The molecule has 0 bridgehead atoms. The summed E-state index contributed by atoms with van der Waals surface area (Å²) in [7, 11) is 0. The van der Waals surface area contributed by atoms with Crippen LogP contribution >= 0.6 is 0 Å². The summed E-state index contributed by atoms with van der Waals surface area (Å²) in [5.74, 6) is -0.106. The Morgan fingerprint density at radius 2 is 1.76 bits per heavy atom. The fourth-order valence-corrected chi connectivity index (χ4v) is 2.71. The molecular formula is C21H26N2O2. The fraction of sp³-hybridized carbons (Fsp3) is 0.333. The molecule has 2 amide bonds. The number of hydrogen-bond donors (Lipinski definition) is 1. The van der Waals surface area contributed by atoms with Crippen molar-refractivity contribution in [2.45, 2.75) is 40.7 Å². The lowest BCUT2D eigenvalue weighted by atomic mass is 10.1. The lowest BCUT2D eigenvalue weighted by Gasteiger charge is -2.21. The van der Waals surface area contributed by atoms with Crippen molar-refractivity contribution in [3.8, 4) is 0 Å². The highest BCUT2D eigenvalue weighted by atomic mass is 16.2. The van der Waals surface area contributed by atoms with E-state index in [1.165, 1.54) is 0 Å².